The molecular weight excluding hydrogens is 437 g/mol. The molecule has 0 saturated carbocycles. The Balaban J connectivity index is 1.26. The van der Waals surface area contributed by atoms with Crippen molar-refractivity contribution in [3.8, 4) is 0 Å². The van der Waals surface area contributed by atoms with Gasteiger partial charge in [-0.1, -0.05) is 12.1 Å². The monoisotopic (exact) mass is 467 g/mol. The third-order valence-electron chi connectivity index (χ3n) is 6.29. The molecule has 1 N–H and O–H groups in total. The van der Waals surface area contributed by atoms with Gasteiger partial charge in [-0.05, 0) is 56.3 Å². The van der Waals surface area contributed by atoms with Crippen molar-refractivity contribution in [1.82, 2.24) is 19.4 Å². The van der Waals surface area contributed by atoms with Crippen molar-refractivity contribution in [2.24, 2.45) is 0 Å². The fraction of sp³-hybridized carbons (Fsp3) is 0.400. The molecule has 0 spiro atoms. The number of hydrogen-bond donors (Lipinski definition) is 1. The van der Waals surface area contributed by atoms with Crippen LogP contribution in [-0.2, 0) is 17.9 Å². The minimum atomic E-state index is -0.685. The fourth-order valence-electron chi connectivity index (χ4n) is 4.45. The van der Waals surface area contributed by atoms with Gasteiger partial charge < -0.3 is 14.8 Å². The molecule has 1 saturated heterocycles. The Morgan fingerprint density at radius 3 is 2.18 bits per heavy atom. The number of carbonyl (C=O) groups is 1. The largest absolute Gasteiger partial charge is 0.369 e. The second kappa shape index (κ2) is 10.6. The Hall–Kier alpha value is -3.46. The van der Waals surface area contributed by atoms with Gasteiger partial charge in [0.25, 0.3) is 0 Å². The van der Waals surface area contributed by atoms with Gasteiger partial charge in [0.05, 0.1) is 11.0 Å². The molecule has 1 aliphatic rings. The summed E-state index contributed by atoms with van der Waals surface area (Å²) in [5, 5.41) is 2.87. The van der Waals surface area contributed by atoms with Gasteiger partial charge in [0.15, 0.2) is 0 Å². The highest BCUT2D eigenvalue weighted by Gasteiger charge is 2.17. The number of halogens is 1. The maximum atomic E-state index is 13.1. The standard InChI is InChI=1S/C25H30FN5O3/c1-2-30-21-6-3-4-7-22(21)31(25(34)24(30)33)18-23(32)27-12-5-13-28-14-16-29(17-15-28)20-10-8-19(26)9-11-20/h3-4,6-11H,2,5,12-18H2,1H3,(H,27,32). The summed E-state index contributed by atoms with van der Waals surface area (Å²) in [6, 6.07) is 13.7. The molecule has 1 aliphatic heterocycles. The Bertz CT molecular complexity index is 1260. The number of nitrogens with zero attached hydrogens (tertiary/aromatic N) is 4. The van der Waals surface area contributed by atoms with E-state index in [1.165, 1.54) is 21.3 Å². The molecule has 1 fully saturated rings. The number of anilines is 1. The van der Waals surface area contributed by atoms with Crippen LogP contribution in [0.4, 0.5) is 10.1 Å². The van der Waals surface area contributed by atoms with E-state index in [0.717, 1.165) is 44.8 Å². The molecule has 2 heterocycles. The van der Waals surface area contributed by atoms with Crippen LogP contribution in [0.15, 0.2) is 58.1 Å². The lowest BCUT2D eigenvalue weighted by atomic mass is 10.2. The third-order valence-corrected chi connectivity index (χ3v) is 6.29. The lowest BCUT2D eigenvalue weighted by molar-refractivity contribution is -0.121. The number of carbonyl (C=O) groups excluding carboxylic acids is 1. The summed E-state index contributed by atoms with van der Waals surface area (Å²) in [6.45, 7) is 6.92. The van der Waals surface area contributed by atoms with Crippen LogP contribution in [0.2, 0.25) is 0 Å². The van der Waals surface area contributed by atoms with Crippen molar-refractivity contribution < 1.29 is 9.18 Å². The van der Waals surface area contributed by atoms with E-state index >= 15 is 0 Å². The molecule has 0 unspecified atom stereocenters. The molecule has 1 aromatic heterocycles. The Labute approximate surface area is 197 Å². The van der Waals surface area contributed by atoms with Crippen molar-refractivity contribution in [2.45, 2.75) is 26.4 Å². The summed E-state index contributed by atoms with van der Waals surface area (Å²) >= 11 is 0. The van der Waals surface area contributed by atoms with Crippen molar-refractivity contribution in [2.75, 3.05) is 44.2 Å². The number of rotatable bonds is 8. The molecule has 9 heteroatoms. The van der Waals surface area contributed by atoms with Gasteiger partial charge >= 0.3 is 11.1 Å². The molecule has 2 aromatic carbocycles. The van der Waals surface area contributed by atoms with Gasteiger partial charge in [-0.25, -0.2) is 4.39 Å². The molecule has 4 rings (SSSR count). The van der Waals surface area contributed by atoms with Crippen LogP contribution in [0.3, 0.4) is 0 Å². The predicted octanol–water partition coefficient (Wildman–Crippen LogP) is 1.65. The molecule has 0 aliphatic carbocycles. The molecule has 3 aromatic rings. The van der Waals surface area contributed by atoms with Crippen LogP contribution in [0.1, 0.15) is 13.3 Å². The summed E-state index contributed by atoms with van der Waals surface area (Å²) in [7, 11) is 0. The topological polar surface area (TPSA) is 79.6 Å². The van der Waals surface area contributed by atoms with Crippen LogP contribution in [0, 0.1) is 5.82 Å². The van der Waals surface area contributed by atoms with E-state index in [1.807, 2.05) is 13.0 Å². The maximum Gasteiger partial charge on any atom is 0.317 e. The zero-order valence-corrected chi connectivity index (χ0v) is 19.4. The Morgan fingerprint density at radius 2 is 1.53 bits per heavy atom. The number of aromatic nitrogens is 2. The first kappa shape index (κ1) is 23.7. The number of fused-ring (bicyclic) bond motifs is 1. The van der Waals surface area contributed by atoms with Crippen molar-refractivity contribution in [1.29, 1.82) is 0 Å². The van der Waals surface area contributed by atoms with E-state index in [1.54, 1.807) is 30.3 Å². The van der Waals surface area contributed by atoms with Gasteiger partial charge in [-0.3, -0.25) is 23.9 Å². The quantitative estimate of drug-likeness (QED) is 0.403. The lowest BCUT2D eigenvalue weighted by Gasteiger charge is -2.36. The minimum Gasteiger partial charge on any atom is -0.369 e. The first-order valence-electron chi connectivity index (χ1n) is 11.7. The van der Waals surface area contributed by atoms with Gasteiger partial charge in [-0.2, -0.15) is 0 Å². The number of nitrogens with one attached hydrogen (secondary N) is 1. The second-order valence-corrected chi connectivity index (χ2v) is 8.44. The molecule has 8 nitrogen and oxygen atoms in total. The van der Waals surface area contributed by atoms with E-state index in [-0.39, 0.29) is 18.3 Å². The SMILES string of the molecule is CCn1c(=O)c(=O)n(CC(=O)NCCCN2CCN(c3ccc(F)cc3)CC2)c2ccccc21. The molecule has 1 amide bonds. The normalized spacial score (nSPS) is 14.5. The first-order chi connectivity index (χ1) is 16.5. The van der Waals surface area contributed by atoms with E-state index in [2.05, 4.69) is 15.1 Å². The molecule has 0 radical (unpaired) electrons. The van der Waals surface area contributed by atoms with E-state index < -0.39 is 11.1 Å². The molecule has 0 atom stereocenters. The number of amides is 1. The highest BCUT2D eigenvalue weighted by atomic mass is 19.1. The Morgan fingerprint density at radius 1 is 0.912 bits per heavy atom. The van der Waals surface area contributed by atoms with Crippen LogP contribution < -0.4 is 21.3 Å². The summed E-state index contributed by atoms with van der Waals surface area (Å²) in [5.74, 6) is -0.519. The number of piperazine rings is 1. The molecule has 34 heavy (non-hydrogen) atoms. The van der Waals surface area contributed by atoms with Crippen molar-refractivity contribution in [3.05, 3.63) is 75.1 Å². The van der Waals surface area contributed by atoms with Crippen LogP contribution in [0.5, 0.6) is 0 Å². The highest BCUT2D eigenvalue weighted by molar-refractivity contribution is 5.80. The average molecular weight is 468 g/mol. The number of benzene rings is 2. The van der Waals surface area contributed by atoms with Gasteiger partial charge in [0, 0.05) is 45.0 Å². The van der Waals surface area contributed by atoms with E-state index in [4.69, 9.17) is 0 Å². The summed E-state index contributed by atoms with van der Waals surface area (Å²) < 4.78 is 15.8. The van der Waals surface area contributed by atoms with Crippen LogP contribution in [0.25, 0.3) is 11.0 Å². The molecular formula is C25H30FN5O3. The zero-order valence-electron chi connectivity index (χ0n) is 19.4. The summed E-state index contributed by atoms with van der Waals surface area (Å²) in [4.78, 5) is 42.2. The number of hydrogen-bond acceptors (Lipinski definition) is 5. The number of para-hydroxylation sites is 2. The van der Waals surface area contributed by atoms with Gasteiger partial charge in [0.1, 0.15) is 12.4 Å². The molecule has 180 valence electrons. The van der Waals surface area contributed by atoms with Crippen molar-refractivity contribution in [3.63, 3.8) is 0 Å². The lowest BCUT2D eigenvalue weighted by Crippen LogP contribution is -2.47. The van der Waals surface area contributed by atoms with E-state index in [9.17, 15) is 18.8 Å². The third kappa shape index (κ3) is 5.20. The molecule has 0 bridgehead atoms. The van der Waals surface area contributed by atoms with Crippen molar-refractivity contribution >= 4 is 22.6 Å². The zero-order chi connectivity index (χ0) is 24.1. The maximum absolute atomic E-state index is 13.1. The second-order valence-electron chi connectivity index (χ2n) is 8.44. The smallest absolute Gasteiger partial charge is 0.317 e. The summed E-state index contributed by atoms with van der Waals surface area (Å²) in [5.41, 5.74) is 0.941. The summed E-state index contributed by atoms with van der Waals surface area (Å²) in [6.07, 6.45) is 0.787. The first-order valence-corrected chi connectivity index (χ1v) is 11.7. The highest BCUT2D eigenvalue weighted by Crippen LogP contribution is 2.17. The fourth-order valence-corrected chi connectivity index (χ4v) is 4.45. The average Bonchev–Trinajstić information content (AvgIpc) is 2.86. The van der Waals surface area contributed by atoms with Gasteiger partial charge in [0.2, 0.25) is 5.91 Å². The van der Waals surface area contributed by atoms with Crippen LogP contribution in [-0.4, -0.2) is 59.2 Å². The van der Waals surface area contributed by atoms with Crippen LogP contribution >= 0.6 is 0 Å². The number of aryl methyl sites for hydroxylation is 1. The van der Waals surface area contributed by atoms with E-state index in [0.29, 0.717) is 24.1 Å². The Kier molecular flexibility index (Phi) is 7.42. The minimum absolute atomic E-state index is 0.185. The predicted molar refractivity (Wildman–Crippen MR) is 131 cm³/mol. The van der Waals surface area contributed by atoms with Gasteiger partial charge in [-0.15, -0.1) is 0 Å².